The molecule has 0 unspecified atom stereocenters. The zero-order chi connectivity index (χ0) is 17.9. The summed E-state index contributed by atoms with van der Waals surface area (Å²) in [6, 6.07) is 3.88. The van der Waals surface area contributed by atoms with Gasteiger partial charge < -0.3 is 14.7 Å². The lowest BCUT2D eigenvalue weighted by molar-refractivity contribution is 0.0694. The summed E-state index contributed by atoms with van der Waals surface area (Å²) < 4.78 is 5.97. The molecule has 1 N–H and O–H groups in total. The van der Waals surface area contributed by atoms with Gasteiger partial charge in [0.2, 0.25) is 0 Å². The summed E-state index contributed by atoms with van der Waals surface area (Å²) in [5.74, 6) is -0.231. The summed E-state index contributed by atoms with van der Waals surface area (Å²) in [6.07, 6.45) is 3.51. The van der Waals surface area contributed by atoms with Crippen LogP contribution >= 0.6 is 0 Å². The van der Waals surface area contributed by atoms with Crippen molar-refractivity contribution in [2.75, 3.05) is 25.1 Å². The molecule has 0 radical (unpaired) electrons. The number of benzene rings is 1. The number of aromatic nitrogens is 1. The van der Waals surface area contributed by atoms with E-state index in [1.54, 1.807) is 12.4 Å². The van der Waals surface area contributed by atoms with Gasteiger partial charge in [-0.15, -0.1) is 0 Å². The Balaban J connectivity index is 2.17. The maximum absolute atomic E-state index is 11.6. The molecule has 2 rings (SSSR count). The predicted octanol–water partition coefficient (Wildman–Crippen LogP) is 3.53. The second kappa shape index (κ2) is 7.34. The van der Waals surface area contributed by atoms with Gasteiger partial charge in [-0.05, 0) is 56.5 Å². The minimum absolute atomic E-state index is 0.343. The van der Waals surface area contributed by atoms with Crippen molar-refractivity contribution in [3.63, 3.8) is 0 Å². The number of rotatable bonds is 6. The average molecular weight is 328 g/mol. The van der Waals surface area contributed by atoms with Crippen molar-refractivity contribution < 1.29 is 14.6 Å². The van der Waals surface area contributed by atoms with Crippen LogP contribution in [-0.2, 0) is 0 Å². The van der Waals surface area contributed by atoms with Crippen LogP contribution in [-0.4, -0.2) is 36.3 Å². The van der Waals surface area contributed by atoms with Gasteiger partial charge in [-0.3, -0.25) is 4.98 Å². The van der Waals surface area contributed by atoms with Gasteiger partial charge in [-0.1, -0.05) is 0 Å². The van der Waals surface area contributed by atoms with Gasteiger partial charge in [-0.25, -0.2) is 4.79 Å². The lowest BCUT2D eigenvalue weighted by Crippen LogP contribution is -2.24. The third-order valence-corrected chi connectivity index (χ3v) is 4.55. The first kappa shape index (κ1) is 17.8. The number of ether oxygens (including phenoxy) is 1. The van der Waals surface area contributed by atoms with Crippen molar-refractivity contribution in [1.29, 1.82) is 0 Å². The highest BCUT2D eigenvalue weighted by atomic mass is 16.5. The standard InChI is InChI=1S/C19H24N2O3/c1-12-13(2)17(19(22)23)15(4)18(14(12)3)24-11-10-21(5)16-6-8-20-9-7-16/h6-9H,10-11H2,1-5H3,(H,22,23). The Morgan fingerprint density at radius 3 is 2.29 bits per heavy atom. The Hall–Kier alpha value is -2.56. The minimum Gasteiger partial charge on any atom is -0.491 e. The van der Waals surface area contributed by atoms with Crippen LogP contribution in [0.1, 0.15) is 32.6 Å². The molecule has 0 aliphatic carbocycles. The van der Waals surface area contributed by atoms with Gasteiger partial charge in [0.25, 0.3) is 0 Å². The van der Waals surface area contributed by atoms with Crippen molar-refractivity contribution in [1.82, 2.24) is 4.98 Å². The van der Waals surface area contributed by atoms with E-state index in [1.807, 2.05) is 46.9 Å². The molecule has 5 heteroatoms. The maximum atomic E-state index is 11.6. The molecule has 128 valence electrons. The van der Waals surface area contributed by atoms with E-state index < -0.39 is 5.97 Å². The summed E-state index contributed by atoms with van der Waals surface area (Å²) in [6.45, 7) is 8.74. The fourth-order valence-corrected chi connectivity index (χ4v) is 2.86. The van der Waals surface area contributed by atoms with Crippen LogP contribution in [0.15, 0.2) is 24.5 Å². The molecule has 1 aromatic carbocycles. The van der Waals surface area contributed by atoms with Gasteiger partial charge in [0.15, 0.2) is 0 Å². The summed E-state index contributed by atoms with van der Waals surface area (Å²) in [5, 5.41) is 9.48. The summed E-state index contributed by atoms with van der Waals surface area (Å²) >= 11 is 0. The first-order valence-electron chi connectivity index (χ1n) is 7.92. The molecule has 0 bridgehead atoms. The number of anilines is 1. The van der Waals surface area contributed by atoms with Crippen LogP contribution in [0.3, 0.4) is 0 Å². The van der Waals surface area contributed by atoms with Crippen molar-refractivity contribution in [2.45, 2.75) is 27.7 Å². The molecule has 0 atom stereocenters. The number of carboxylic acid groups (broad SMARTS) is 1. The first-order chi connectivity index (χ1) is 11.3. The smallest absolute Gasteiger partial charge is 0.336 e. The normalized spacial score (nSPS) is 10.5. The number of carbonyl (C=O) groups is 1. The fourth-order valence-electron chi connectivity index (χ4n) is 2.86. The first-order valence-corrected chi connectivity index (χ1v) is 7.92. The maximum Gasteiger partial charge on any atom is 0.336 e. The Labute approximate surface area is 142 Å². The zero-order valence-corrected chi connectivity index (χ0v) is 14.9. The highest BCUT2D eigenvalue weighted by Crippen LogP contribution is 2.32. The van der Waals surface area contributed by atoms with E-state index in [2.05, 4.69) is 9.88 Å². The third kappa shape index (κ3) is 3.50. The molecule has 0 fully saturated rings. The Morgan fingerprint density at radius 2 is 1.71 bits per heavy atom. The van der Waals surface area contributed by atoms with E-state index in [4.69, 9.17) is 4.74 Å². The fraction of sp³-hybridized carbons (Fsp3) is 0.368. The van der Waals surface area contributed by atoms with Crippen LogP contribution < -0.4 is 9.64 Å². The lowest BCUT2D eigenvalue weighted by Gasteiger charge is -2.22. The van der Waals surface area contributed by atoms with Gasteiger partial charge in [0.05, 0.1) is 12.1 Å². The van der Waals surface area contributed by atoms with Crippen LogP contribution in [0, 0.1) is 27.7 Å². The number of carboxylic acids is 1. The summed E-state index contributed by atoms with van der Waals surface area (Å²) in [7, 11) is 1.99. The molecule has 0 aliphatic rings. The molecule has 0 saturated carbocycles. The number of pyridine rings is 1. The molecule has 0 amide bonds. The van der Waals surface area contributed by atoms with Crippen molar-refractivity contribution in [3.05, 3.63) is 52.3 Å². The van der Waals surface area contributed by atoms with Gasteiger partial charge in [0, 0.05) is 30.7 Å². The Morgan fingerprint density at radius 1 is 1.08 bits per heavy atom. The van der Waals surface area contributed by atoms with Crippen molar-refractivity contribution >= 4 is 11.7 Å². The van der Waals surface area contributed by atoms with Crippen molar-refractivity contribution in [3.8, 4) is 5.75 Å². The number of aromatic carboxylic acids is 1. The van der Waals surface area contributed by atoms with Gasteiger partial charge in [-0.2, -0.15) is 0 Å². The molecule has 5 nitrogen and oxygen atoms in total. The SMILES string of the molecule is Cc1c(C)c(OCCN(C)c2ccncc2)c(C)c(C(=O)O)c1C. The quantitative estimate of drug-likeness (QED) is 0.879. The number of hydrogen-bond acceptors (Lipinski definition) is 4. The molecule has 24 heavy (non-hydrogen) atoms. The zero-order valence-electron chi connectivity index (χ0n) is 14.9. The molecule has 0 saturated heterocycles. The highest BCUT2D eigenvalue weighted by molar-refractivity contribution is 5.92. The monoisotopic (exact) mass is 328 g/mol. The molecule has 0 spiro atoms. The van der Waals surface area contributed by atoms with Crippen LogP contribution in [0.25, 0.3) is 0 Å². The van der Waals surface area contributed by atoms with Crippen LogP contribution in [0.5, 0.6) is 5.75 Å². The van der Waals surface area contributed by atoms with E-state index >= 15 is 0 Å². The summed E-state index contributed by atoms with van der Waals surface area (Å²) in [4.78, 5) is 17.6. The average Bonchev–Trinajstić information content (AvgIpc) is 2.56. The van der Waals surface area contributed by atoms with E-state index in [0.717, 1.165) is 22.4 Å². The van der Waals surface area contributed by atoms with E-state index in [1.165, 1.54) is 0 Å². The van der Waals surface area contributed by atoms with Crippen LogP contribution in [0.4, 0.5) is 5.69 Å². The van der Waals surface area contributed by atoms with Gasteiger partial charge >= 0.3 is 5.97 Å². The van der Waals surface area contributed by atoms with E-state index in [-0.39, 0.29) is 0 Å². The topological polar surface area (TPSA) is 62.7 Å². The largest absolute Gasteiger partial charge is 0.491 e. The minimum atomic E-state index is -0.910. The molecular formula is C19H24N2O3. The second-order valence-corrected chi connectivity index (χ2v) is 5.98. The number of nitrogens with zero attached hydrogens (tertiary/aromatic N) is 2. The van der Waals surface area contributed by atoms with Gasteiger partial charge in [0.1, 0.15) is 12.4 Å². The Kier molecular flexibility index (Phi) is 5.44. The Bertz CT molecular complexity index is 742. The predicted molar refractivity (Wildman–Crippen MR) is 95.4 cm³/mol. The molecule has 0 aliphatic heterocycles. The lowest BCUT2D eigenvalue weighted by atomic mass is 9.93. The third-order valence-electron chi connectivity index (χ3n) is 4.55. The molecule has 2 aromatic rings. The second-order valence-electron chi connectivity index (χ2n) is 5.98. The number of hydrogen-bond donors (Lipinski definition) is 1. The van der Waals surface area contributed by atoms with Crippen LogP contribution in [0.2, 0.25) is 0 Å². The molecular weight excluding hydrogens is 304 g/mol. The highest BCUT2D eigenvalue weighted by Gasteiger charge is 2.20. The molecule has 1 aromatic heterocycles. The summed E-state index contributed by atoms with van der Waals surface area (Å²) in [5.41, 5.74) is 4.87. The van der Waals surface area contributed by atoms with E-state index in [9.17, 15) is 9.90 Å². The number of likely N-dealkylation sites (N-methyl/N-ethyl adjacent to an activating group) is 1. The molecule has 1 heterocycles. The van der Waals surface area contributed by atoms with E-state index in [0.29, 0.717) is 30.0 Å². The van der Waals surface area contributed by atoms with Crippen molar-refractivity contribution in [2.24, 2.45) is 0 Å².